The monoisotopic (exact) mass is 370 g/mol. The third kappa shape index (κ3) is 3.99. The van der Waals surface area contributed by atoms with E-state index < -0.39 is 0 Å². The lowest BCUT2D eigenvalue weighted by Gasteiger charge is -2.38. The molecular formula is C20H26N4O3. The third-order valence-corrected chi connectivity index (χ3v) is 5.36. The highest BCUT2D eigenvalue weighted by Crippen LogP contribution is 2.13. The Morgan fingerprint density at radius 2 is 1.74 bits per heavy atom. The first kappa shape index (κ1) is 18.0. The van der Waals surface area contributed by atoms with E-state index in [4.69, 9.17) is 4.74 Å². The van der Waals surface area contributed by atoms with Gasteiger partial charge in [-0.15, -0.1) is 0 Å². The zero-order valence-corrected chi connectivity index (χ0v) is 15.7. The van der Waals surface area contributed by atoms with Crippen LogP contribution in [0.4, 0.5) is 4.79 Å². The number of aromatic nitrogens is 1. The Labute approximate surface area is 158 Å². The average molecular weight is 370 g/mol. The fourth-order valence-corrected chi connectivity index (χ4v) is 3.79. The van der Waals surface area contributed by atoms with Crippen molar-refractivity contribution in [3.63, 3.8) is 0 Å². The summed E-state index contributed by atoms with van der Waals surface area (Å²) in [4.78, 5) is 34.4. The zero-order chi connectivity index (χ0) is 18.8. The highest BCUT2D eigenvalue weighted by atomic mass is 16.5. The van der Waals surface area contributed by atoms with Gasteiger partial charge in [0.25, 0.3) is 0 Å². The number of hydrogen-bond donors (Lipinski definition) is 1. The number of rotatable bonds is 2. The van der Waals surface area contributed by atoms with Crippen LogP contribution < -0.4 is 5.43 Å². The van der Waals surface area contributed by atoms with E-state index in [-0.39, 0.29) is 11.5 Å². The second kappa shape index (κ2) is 7.70. The quantitative estimate of drug-likeness (QED) is 0.868. The number of carbonyl (C=O) groups excluding carboxylic acids is 1. The second-order valence-electron chi connectivity index (χ2n) is 7.35. The Kier molecular flexibility index (Phi) is 5.13. The van der Waals surface area contributed by atoms with Crippen molar-refractivity contribution >= 4 is 16.9 Å². The number of nitrogens with one attached hydrogen (secondary N) is 1. The summed E-state index contributed by atoms with van der Waals surface area (Å²) in [7, 11) is 0. The second-order valence-corrected chi connectivity index (χ2v) is 7.35. The zero-order valence-electron chi connectivity index (χ0n) is 15.7. The molecule has 1 aromatic heterocycles. The number of piperazine rings is 1. The fraction of sp³-hybridized carbons (Fsp3) is 0.500. The maximum atomic E-state index is 12.6. The van der Waals surface area contributed by atoms with Crippen molar-refractivity contribution in [3.8, 4) is 0 Å². The molecule has 2 saturated heterocycles. The molecule has 0 radical (unpaired) electrons. The molecule has 0 atom stereocenters. The molecule has 4 rings (SSSR count). The molecule has 0 saturated carbocycles. The van der Waals surface area contributed by atoms with E-state index in [1.165, 1.54) is 0 Å². The topological polar surface area (TPSA) is 68.9 Å². The summed E-state index contributed by atoms with van der Waals surface area (Å²) in [6, 6.07) is 7.72. The molecule has 1 aromatic carbocycles. The lowest BCUT2D eigenvalue weighted by atomic mass is 10.1. The van der Waals surface area contributed by atoms with Crippen molar-refractivity contribution in [2.75, 3.05) is 52.5 Å². The SMILES string of the molecule is Cc1ccc2[nH]c(CN3CCN(C(=O)N4CCOCC4)CC3)cc(=O)c2c1. The molecule has 2 aromatic rings. The van der Waals surface area contributed by atoms with Crippen molar-refractivity contribution in [1.29, 1.82) is 0 Å². The Morgan fingerprint density at radius 1 is 1.04 bits per heavy atom. The number of carbonyl (C=O) groups is 1. The first-order valence-electron chi connectivity index (χ1n) is 9.57. The normalized spacial score (nSPS) is 18.9. The summed E-state index contributed by atoms with van der Waals surface area (Å²) in [5, 5.41) is 0.736. The third-order valence-electron chi connectivity index (χ3n) is 5.36. The molecule has 7 heteroatoms. The van der Waals surface area contributed by atoms with Gasteiger partial charge in [0.2, 0.25) is 0 Å². The van der Waals surface area contributed by atoms with E-state index in [0.717, 1.165) is 35.2 Å². The van der Waals surface area contributed by atoms with Crippen molar-refractivity contribution in [2.45, 2.75) is 13.5 Å². The van der Waals surface area contributed by atoms with Gasteiger partial charge in [0.05, 0.1) is 13.2 Å². The van der Waals surface area contributed by atoms with Crippen LogP contribution in [0.1, 0.15) is 11.3 Å². The fourth-order valence-electron chi connectivity index (χ4n) is 3.79. The molecule has 0 aliphatic carbocycles. The van der Waals surface area contributed by atoms with E-state index >= 15 is 0 Å². The molecular weight excluding hydrogens is 344 g/mol. The number of hydrogen-bond acceptors (Lipinski definition) is 4. The Bertz CT molecular complexity index is 880. The van der Waals surface area contributed by atoms with Crippen LogP contribution in [0, 0.1) is 6.92 Å². The van der Waals surface area contributed by atoms with Crippen LogP contribution in [0.2, 0.25) is 0 Å². The van der Waals surface area contributed by atoms with E-state index in [1.807, 2.05) is 34.9 Å². The van der Waals surface area contributed by atoms with Crippen LogP contribution in [0.3, 0.4) is 0 Å². The lowest BCUT2D eigenvalue weighted by molar-refractivity contribution is 0.0372. The summed E-state index contributed by atoms with van der Waals surface area (Å²) >= 11 is 0. The van der Waals surface area contributed by atoms with Crippen LogP contribution in [0.25, 0.3) is 10.9 Å². The molecule has 7 nitrogen and oxygen atoms in total. The lowest BCUT2D eigenvalue weighted by Crippen LogP contribution is -2.54. The van der Waals surface area contributed by atoms with Gasteiger partial charge in [-0.05, 0) is 19.1 Å². The van der Waals surface area contributed by atoms with Gasteiger partial charge in [0.15, 0.2) is 5.43 Å². The highest BCUT2D eigenvalue weighted by molar-refractivity contribution is 5.79. The summed E-state index contributed by atoms with van der Waals surface area (Å²) in [6.45, 7) is 8.34. The van der Waals surface area contributed by atoms with Gasteiger partial charge >= 0.3 is 6.03 Å². The molecule has 3 heterocycles. The number of aromatic amines is 1. The summed E-state index contributed by atoms with van der Waals surface area (Å²) in [5.74, 6) is 0. The van der Waals surface area contributed by atoms with Crippen LogP contribution in [-0.4, -0.2) is 78.2 Å². The van der Waals surface area contributed by atoms with Gasteiger partial charge in [0.1, 0.15) is 0 Å². The standard InChI is InChI=1S/C20H26N4O3/c1-15-2-3-18-17(12-15)19(25)13-16(21-18)14-22-4-6-23(7-5-22)20(26)24-8-10-27-11-9-24/h2-3,12-13H,4-11,14H2,1H3,(H,21,25). The minimum Gasteiger partial charge on any atom is -0.378 e. The molecule has 2 aliphatic rings. The predicted molar refractivity (Wildman–Crippen MR) is 104 cm³/mol. The van der Waals surface area contributed by atoms with Gasteiger partial charge in [0, 0.05) is 68.5 Å². The van der Waals surface area contributed by atoms with Crippen LogP contribution >= 0.6 is 0 Å². The molecule has 144 valence electrons. The summed E-state index contributed by atoms with van der Waals surface area (Å²) in [5.41, 5.74) is 2.94. The van der Waals surface area contributed by atoms with Gasteiger partial charge in [-0.2, -0.15) is 0 Å². The summed E-state index contributed by atoms with van der Waals surface area (Å²) in [6.07, 6.45) is 0. The Morgan fingerprint density at radius 3 is 2.48 bits per heavy atom. The number of fused-ring (bicyclic) bond motifs is 1. The molecule has 2 fully saturated rings. The molecule has 0 unspecified atom stereocenters. The molecule has 0 spiro atoms. The molecule has 2 amide bonds. The summed E-state index contributed by atoms with van der Waals surface area (Å²) < 4.78 is 5.32. The number of nitrogens with zero attached hydrogens (tertiary/aromatic N) is 3. The van der Waals surface area contributed by atoms with Gasteiger partial charge < -0.3 is 19.5 Å². The number of urea groups is 1. The largest absolute Gasteiger partial charge is 0.378 e. The molecule has 2 aliphatic heterocycles. The number of morpholine rings is 1. The maximum Gasteiger partial charge on any atom is 0.320 e. The number of aryl methyl sites for hydroxylation is 1. The highest BCUT2D eigenvalue weighted by Gasteiger charge is 2.26. The Balaban J connectivity index is 1.38. The minimum atomic E-state index is 0.0589. The van der Waals surface area contributed by atoms with Crippen LogP contribution in [0.5, 0.6) is 0 Å². The number of pyridine rings is 1. The molecule has 27 heavy (non-hydrogen) atoms. The van der Waals surface area contributed by atoms with E-state index in [9.17, 15) is 9.59 Å². The van der Waals surface area contributed by atoms with E-state index in [0.29, 0.717) is 45.9 Å². The van der Waals surface area contributed by atoms with Crippen molar-refractivity contribution in [2.24, 2.45) is 0 Å². The van der Waals surface area contributed by atoms with Gasteiger partial charge in [-0.1, -0.05) is 11.6 Å². The predicted octanol–water partition coefficient (Wildman–Crippen LogP) is 1.41. The van der Waals surface area contributed by atoms with Crippen LogP contribution in [-0.2, 0) is 11.3 Å². The average Bonchev–Trinajstić information content (AvgIpc) is 2.69. The first-order valence-corrected chi connectivity index (χ1v) is 9.57. The van der Waals surface area contributed by atoms with Crippen molar-refractivity contribution in [1.82, 2.24) is 19.7 Å². The number of amides is 2. The Hall–Kier alpha value is -2.38. The number of H-pyrrole nitrogens is 1. The maximum absolute atomic E-state index is 12.6. The minimum absolute atomic E-state index is 0.0589. The van der Waals surface area contributed by atoms with E-state index in [1.54, 1.807) is 6.07 Å². The molecule has 1 N–H and O–H groups in total. The van der Waals surface area contributed by atoms with Gasteiger partial charge in [-0.25, -0.2) is 4.79 Å². The smallest absolute Gasteiger partial charge is 0.320 e. The van der Waals surface area contributed by atoms with E-state index in [2.05, 4.69) is 9.88 Å². The number of benzene rings is 1. The van der Waals surface area contributed by atoms with Crippen LogP contribution in [0.15, 0.2) is 29.1 Å². The first-order chi connectivity index (χ1) is 13.1. The van der Waals surface area contributed by atoms with Crippen molar-refractivity contribution < 1.29 is 9.53 Å². The van der Waals surface area contributed by atoms with Crippen molar-refractivity contribution in [3.05, 3.63) is 45.7 Å². The molecule has 0 bridgehead atoms. The number of ether oxygens (including phenoxy) is 1. The van der Waals surface area contributed by atoms with Gasteiger partial charge in [-0.3, -0.25) is 9.69 Å².